The SMILES string of the molecule is Cc1ccc(N=C2C(=O)Nc3c2cc(Br)c(Cl)c3C)cc1Cl. The largest absolute Gasteiger partial charge is 0.320 e. The number of aliphatic imine (C=N–C) groups is 1. The first-order valence-corrected chi connectivity index (χ1v) is 8.08. The van der Waals surface area contributed by atoms with Crippen molar-refractivity contribution < 1.29 is 4.79 Å². The summed E-state index contributed by atoms with van der Waals surface area (Å²) in [7, 11) is 0. The number of carbonyl (C=O) groups is 1. The zero-order valence-corrected chi connectivity index (χ0v) is 14.9. The number of aryl methyl sites for hydroxylation is 1. The number of carbonyl (C=O) groups excluding carboxylic acids is 1. The number of hydrogen-bond acceptors (Lipinski definition) is 2. The number of anilines is 1. The number of halogens is 3. The summed E-state index contributed by atoms with van der Waals surface area (Å²) in [5.74, 6) is -0.246. The molecular formula is C16H11BrCl2N2O. The maximum absolute atomic E-state index is 12.2. The molecule has 2 aromatic rings. The molecule has 0 bridgehead atoms. The van der Waals surface area contributed by atoms with E-state index in [-0.39, 0.29) is 5.91 Å². The van der Waals surface area contributed by atoms with Gasteiger partial charge in [-0.15, -0.1) is 0 Å². The van der Waals surface area contributed by atoms with Gasteiger partial charge >= 0.3 is 0 Å². The van der Waals surface area contributed by atoms with Crippen LogP contribution < -0.4 is 5.32 Å². The fourth-order valence-electron chi connectivity index (χ4n) is 2.29. The van der Waals surface area contributed by atoms with E-state index in [0.717, 1.165) is 21.2 Å². The summed E-state index contributed by atoms with van der Waals surface area (Å²) in [4.78, 5) is 16.7. The predicted molar refractivity (Wildman–Crippen MR) is 94.9 cm³/mol. The third-order valence-electron chi connectivity index (χ3n) is 3.56. The smallest absolute Gasteiger partial charge is 0.275 e. The van der Waals surface area contributed by atoms with Crippen LogP contribution in [0.3, 0.4) is 0 Å². The number of nitrogens with zero attached hydrogens (tertiary/aromatic N) is 1. The quantitative estimate of drug-likeness (QED) is 0.683. The van der Waals surface area contributed by atoms with E-state index in [1.54, 1.807) is 12.1 Å². The first-order chi connectivity index (χ1) is 10.4. The van der Waals surface area contributed by atoms with Gasteiger partial charge in [0.15, 0.2) is 0 Å². The second-order valence-corrected chi connectivity index (χ2v) is 6.71. The lowest BCUT2D eigenvalue weighted by molar-refractivity contribution is -0.110. The van der Waals surface area contributed by atoms with Gasteiger partial charge in [0.25, 0.3) is 5.91 Å². The van der Waals surface area contributed by atoms with Crippen molar-refractivity contribution in [1.29, 1.82) is 0 Å². The third-order valence-corrected chi connectivity index (χ3v) is 5.31. The van der Waals surface area contributed by atoms with Crippen LogP contribution in [-0.4, -0.2) is 11.6 Å². The first-order valence-electron chi connectivity index (χ1n) is 6.53. The van der Waals surface area contributed by atoms with E-state index in [1.807, 2.05) is 26.0 Å². The van der Waals surface area contributed by atoms with E-state index >= 15 is 0 Å². The summed E-state index contributed by atoms with van der Waals surface area (Å²) in [6, 6.07) is 7.25. The molecule has 0 saturated carbocycles. The summed E-state index contributed by atoms with van der Waals surface area (Å²) < 4.78 is 0.733. The van der Waals surface area contributed by atoms with Crippen molar-refractivity contribution in [2.24, 2.45) is 4.99 Å². The Labute approximate surface area is 146 Å². The standard InChI is InChI=1S/C16H11BrCl2N2O/c1-7-3-4-9(5-12(7)18)20-15-10-6-11(17)13(19)8(2)14(10)21-16(15)22/h3-6H,1-2H3,(H,20,21,22). The van der Waals surface area contributed by atoms with Crippen LogP contribution in [0.15, 0.2) is 33.7 Å². The molecule has 1 aliphatic heterocycles. The Morgan fingerprint density at radius 1 is 1.18 bits per heavy atom. The molecule has 6 heteroatoms. The topological polar surface area (TPSA) is 41.5 Å². The van der Waals surface area contributed by atoms with Gasteiger partial charge in [-0.05, 0) is 59.1 Å². The average Bonchev–Trinajstić information content (AvgIpc) is 2.78. The van der Waals surface area contributed by atoms with Gasteiger partial charge in [-0.1, -0.05) is 29.3 Å². The highest BCUT2D eigenvalue weighted by Crippen LogP contribution is 2.38. The van der Waals surface area contributed by atoms with Gasteiger partial charge in [0, 0.05) is 15.1 Å². The molecule has 0 saturated heterocycles. The zero-order valence-electron chi connectivity index (χ0n) is 11.8. The van der Waals surface area contributed by atoms with Gasteiger partial charge in [-0.2, -0.15) is 0 Å². The van der Waals surface area contributed by atoms with Gasteiger partial charge < -0.3 is 5.32 Å². The highest BCUT2D eigenvalue weighted by Gasteiger charge is 2.29. The average molecular weight is 398 g/mol. The summed E-state index contributed by atoms with van der Waals surface area (Å²) >= 11 is 15.7. The van der Waals surface area contributed by atoms with Crippen molar-refractivity contribution in [3.05, 3.63) is 55.5 Å². The van der Waals surface area contributed by atoms with Gasteiger partial charge in [0.05, 0.1) is 16.4 Å². The van der Waals surface area contributed by atoms with Gasteiger partial charge in [-0.3, -0.25) is 4.79 Å². The van der Waals surface area contributed by atoms with Crippen molar-refractivity contribution in [3.8, 4) is 0 Å². The molecule has 3 nitrogen and oxygen atoms in total. The van der Waals surface area contributed by atoms with Crippen LogP contribution >= 0.6 is 39.1 Å². The molecule has 1 amide bonds. The fraction of sp³-hybridized carbons (Fsp3) is 0.125. The van der Waals surface area contributed by atoms with Crippen molar-refractivity contribution in [3.63, 3.8) is 0 Å². The highest BCUT2D eigenvalue weighted by atomic mass is 79.9. The van der Waals surface area contributed by atoms with Crippen molar-refractivity contribution in [2.75, 3.05) is 5.32 Å². The second kappa shape index (κ2) is 5.69. The van der Waals surface area contributed by atoms with Gasteiger partial charge in [0.1, 0.15) is 5.71 Å². The van der Waals surface area contributed by atoms with Gasteiger partial charge in [0.2, 0.25) is 0 Å². The number of rotatable bonds is 1. The van der Waals surface area contributed by atoms with Crippen LogP contribution in [0.25, 0.3) is 0 Å². The molecule has 1 heterocycles. The Bertz CT molecular complexity index is 847. The zero-order chi connectivity index (χ0) is 16.0. The minimum absolute atomic E-state index is 0.246. The Morgan fingerprint density at radius 2 is 1.91 bits per heavy atom. The van der Waals surface area contributed by atoms with E-state index in [9.17, 15) is 4.79 Å². The van der Waals surface area contributed by atoms with E-state index in [2.05, 4.69) is 26.2 Å². The number of hydrogen-bond donors (Lipinski definition) is 1. The van der Waals surface area contributed by atoms with E-state index < -0.39 is 0 Å². The molecule has 0 aliphatic carbocycles. The van der Waals surface area contributed by atoms with Crippen LogP contribution in [0.4, 0.5) is 11.4 Å². The van der Waals surface area contributed by atoms with Crippen LogP contribution in [0.2, 0.25) is 10.0 Å². The lowest BCUT2D eigenvalue weighted by Gasteiger charge is -2.07. The van der Waals surface area contributed by atoms with Crippen molar-refractivity contribution >= 4 is 62.1 Å². The predicted octanol–water partition coefficient (Wildman–Crippen LogP) is 5.45. The minimum Gasteiger partial charge on any atom is -0.320 e. The molecule has 22 heavy (non-hydrogen) atoms. The van der Waals surface area contributed by atoms with E-state index in [1.165, 1.54) is 0 Å². The number of nitrogens with one attached hydrogen (secondary N) is 1. The third kappa shape index (κ3) is 2.56. The van der Waals surface area contributed by atoms with Crippen molar-refractivity contribution in [1.82, 2.24) is 0 Å². The maximum atomic E-state index is 12.2. The summed E-state index contributed by atoms with van der Waals surface area (Å²) in [6.07, 6.45) is 0. The molecule has 0 aromatic heterocycles. The number of amides is 1. The lowest BCUT2D eigenvalue weighted by atomic mass is 10.1. The lowest BCUT2D eigenvalue weighted by Crippen LogP contribution is -2.14. The first kappa shape index (κ1) is 15.5. The molecular weight excluding hydrogens is 387 g/mol. The molecule has 112 valence electrons. The number of benzene rings is 2. The van der Waals surface area contributed by atoms with E-state index in [4.69, 9.17) is 23.2 Å². The molecule has 0 radical (unpaired) electrons. The van der Waals surface area contributed by atoms with Crippen molar-refractivity contribution in [2.45, 2.75) is 13.8 Å². The molecule has 1 N–H and O–H groups in total. The molecule has 0 unspecified atom stereocenters. The van der Waals surface area contributed by atoms with E-state index in [0.29, 0.717) is 27.1 Å². The fourth-order valence-corrected chi connectivity index (χ4v) is 3.14. The normalized spacial score (nSPS) is 15.1. The molecule has 3 rings (SSSR count). The molecule has 0 atom stereocenters. The van der Waals surface area contributed by atoms with Crippen LogP contribution in [0.5, 0.6) is 0 Å². The molecule has 1 aliphatic rings. The Morgan fingerprint density at radius 3 is 2.59 bits per heavy atom. The monoisotopic (exact) mass is 396 g/mol. The Hall–Kier alpha value is -1.36. The van der Waals surface area contributed by atoms with Crippen LogP contribution in [-0.2, 0) is 4.79 Å². The minimum atomic E-state index is -0.246. The van der Waals surface area contributed by atoms with Gasteiger partial charge in [-0.25, -0.2) is 4.99 Å². The second-order valence-electron chi connectivity index (χ2n) is 5.07. The summed E-state index contributed by atoms with van der Waals surface area (Å²) in [6.45, 7) is 3.77. The summed E-state index contributed by atoms with van der Waals surface area (Å²) in [5.41, 5.74) is 4.21. The molecule has 2 aromatic carbocycles. The molecule has 0 spiro atoms. The summed E-state index contributed by atoms with van der Waals surface area (Å²) in [5, 5.41) is 4.02. The maximum Gasteiger partial charge on any atom is 0.275 e. The Kier molecular flexibility index (Phi) is 4.02. The van der Waals surface area contributed by atoms with Crippen LogP contribution in [0, 0.1) is 13.8 Å². The highest BCUT2D eigenvalue weighted by molar-refractivity contribution is 9.10. The Balaban J connectivity index is 2.16. The molecule has 0 fully saturated rings. The van der Waals surface area contributed by atoms with Crippen LogP contribution in [0.1, 0.15) is 16.7 Å². The number of fused-ring (bicyclic) bond motifs is 1.